The first-order valence-electron chi connectivity index (χ1n) is 6.75. The number of hydrogen-bond donors (Lipinski definition) is 2. The Kier molecular flexibility index (Phi) is 4.37. The lowest BCUT2D eigenvalue weighted by Crippen LogP contribution is -2.46. The molecule has 1 aromatic carbocycles. The monoisotopic (exact) mass is 280 g/mol. The highest BCUT2D eigenvalue weighted by molar-refractivity contribution is 5.41. The van der Waals surface area contributed by atoms with Crippen LogP contribution in [0.1, 0.15) is 31.9 Å². The molecule has 6 nitrogen and oxygen atoms in total. The summed E-state index contributed by atoms with van der Waals surface area (Å²) in [5.41, 5.74) is -0.194. The second-order valence-corrected chi connectivity index (χ2v) is 5.29. The number of ether oxygens (including phenoxy) is 1. The first-order chi connectivity index (χ1) is 9.44. The van der Waals surface area contributed by atoms with Crippen LogP contribution in [-0.4, -0.2) is 34.9 Å². The van der Waals surface area contributed by atoms with E-state index < -0.39 is 5.60 Å². The average molecular weight is 280 g/mol. The van der Waals surface area contributed by atoms with Gasteiger partial charge in [0.25, 0.3) is 5.69 Å². The van der Waals surface area contributed by atoms with Gasteiger partial charge in [-0.15, -0.1) is 0 Å². The molecule has 1 aromatic rings. The standard InChI is InChI=1S/C14H20N2O4/c1-10(12-5-3-4-6-13(12)16(18)19)15-9-14(17)7-8-20-11(14)2/h3-6,10-11,15,17H,7-9H2,1-2H3. The molecular weight excluding hydrogens is 260 g/mol. The molecule has 0 amide bonds. The van der Waals surface area contributed by atoms with Gasteiger partial charge in [0.1, 0.15) is 5.60 Å². The Bertz CT molecular complexity index is 494. The molecule has 20 heavy (non-hydrogen) atoms. The fourth-order valence-corrected chi connectivity index (χ4v) is 2.46. The van der Waals surface area contributed by atoms with Crippen LogP contribution in [0.5, 0.6) is 0 Å². The van der Waals surface area contributed by atoms with Crippen molar-refractivity contribution in [3.63, 3.8) is 0 Å². The van der Waals surface area contributed by atoms with E-state index in [1.54, 1.807) is 18.2 Å². The van der Waals surface area contributed by atoms with Gasteiger partial charge in [-0.25, -0.2) is 0 Å². The summed E-state index contributed by atoms with van der Waals surface area (Å²) in [4.78, 5) is 10.6. The topological polar surface area (TPSA) is 84.6 Å². The maximum atomic E-state index is 11.0. The number of benzene rings is 1. The van der Waals surface area contributed by atoms with E-state index in [0.29, 0.717) is 25.1 Å². The Morgan fingerprint density at radius 1 is 1.60 bits per heavy atom. The molecule has 0 aliphatic carbocycles. The molecule has 1 aliphatic rings. The van der Waals surface area contributed by atoms with Gasteiger partial charge in [0, 0.05) is 37.2 Å². The number of hydrogen-bond acceptors (Lipinski definition) is 5. The zero-order valence-corrected chi connectivity index (χ0v) is 11.7. The van der Waals surface area contributed by atoms with Crippen molar-refractivity contribution in [2.45, 2.75) is 38.0 Å². The molecule has 2 rings (SSSR count). The highest BCUT2D eigenvalue weighted by Crippen LogP contribution is 2.28. The Morgan fingerprint density at radius 3 is 2.90 bits per heavy atom. The molecular formula is C14H20N2O4. The summed E-state index contributed by atoms with van der Waals surface area (Å²) in [6, 6.07) is 6.43. The zero-order chi connectivity index (χ0) is 14.8. The van der Waals surface area contributed by atoms with E-state index in [0.717, 1.165) is 0 Å². The van der Waals surface area contributed by atoms with E-state index in [-0.39, 0.29) is 22.8 Å². The molecule has 0 spiro atoms. The number of nitro benzene ring substituents is 1. The van der Waals surface area contributed by atoms with Crippen LogP contribution in [-0.2, 0) is 4.74 Å². The van der Waals surface area contributed by atoms with Crippen LogP contribution in [0, 0.1) is 10.1 Å². The minimum Gasteiger partial charge on any atom is -0.386 e. The van der Waals surface area contributed by atoms with E-state index >= 15 is 0 Å². The average Bonchev–Trinajstić information content (AvgIpc) is 2.76. The van der Waals surface area contributed by atoms with E-state index in [1.807, 2.05) is 13.8 Å². The molecule has 3 atom stereocenters. The summed E-state index contributed by atoms with van der Waals surface area (Å²) in [7, 11) is 0. The summed E-state index contributed by atoms with van der Waals surface area (Å²) in [5, 5.41) is 24.6. The van der Waals surface area contributed by atoms with E-state index in [1.165, 1.54) is 6.07 Å². The number of aliphatic hydroxyl groups is 1. The minimum absolute atomic E-state index is 0.0928. The normalized spacial score (nSPS) is 27.4. The third kappa shape index (κ3) is 2.98. The van der Waals surface area contributed by atoms with Crippen LogP contribution < -0.4 is 5.32 Å². The van der Waals surface area contributed by atoms with Crippen LogP contribution in [0.25, 0.3) is 0 Å². The third-order valence-electron chi connectivity index (χ3n) is 3.97. The number of rotatable bonds is 5. The van der Waals surface area contributed by atoms with Crippen molar-refractivity contribution in [1.29, 1.82) is 0 Å². The Labute approximate surface area is 117 Å². The lowest BCUT2D eigenvalue weighted by atomic mass is 9.95. The molecule has 0 saturated carbocycles. The molecule has 1 saturated heterocycles. The van der Waals surface area contributed by atoms with Gasteiger partial charge in [0.2, 0.25) is 0 Å². The number of nitro groups is 1. The van der Waals surface area contributed by atoms with Crippen molar-refractivity contribution in [2.75, 3.05) is 13.2 Å². The first kappa shape index (κ1) is 14.9. The van der Waals surface area contributed by atoms with Gasteiger partial charge in [0.15, 0.2) is 0 Å². The highest BCUT2D eigenvalue weighted by Gasteiger charge is 2.39. The minimum atomic E-state index is -0.905. The van der Waals surface area contributed by atoms with Crippen LogP contribution in [0.3, 0.4) is 0 Å². The molecule has 3 unspecified atom stereocenters. The quantitative estimate of drug-likeness (QED) is 0.634. The van der Waals surface area contributed by atoms with Gasteiger partial charge in [-0.05, 0) is 13.8 Å². The predicted molar refractivity (Wildman–Crippen MR) is 74.5 cm³/mol. The van der Waals surface area contributed by atoms with Crippen molar-refractivity contribution in [3.8, 4) is 0 Å². The molecule has 6 heteroatoms. The van der Waals surface area contributed by atoms with Crippen molar-refractivity contribution in [3.05, 3.63) is 39.9 Å². The molecule has 110 valence electrons. The number of nitrogens with zero attached hydrogens (tertiary/aromatic N) is 1. The smallest absolute Gasteiger partial charge is 0.274 e. The Morgan fingerprint density at radius 2 is 2.30 bits per heavy atom. The summed E-state index contributed by atoms with van der Waals surface area (Å²) in [6.45, 7) is 4.58. The molecule has 1 aliphatic heterocycles. The lowest BCUT2D eigenvalue weighted by Gasteiger charge is -2.28. The number of nitrogens with one attached hydrogen (secondary N) is 1. The fraction of sp³-hybridized carbons (Fsp3) is 0.571. The first-order valence-corrected chi connectivity index (χ1v) is 6.75. The van der Waals surface area contributed by atoms with Crippen molar-refractivity contribution >= 4 is 5.69 Å². The third-order valence-corrected chi connectivity index (χ3v) is 3.97. The van der Waals surface area contributed by atoms with E-state index in [2.05, 4.69) is 5.32 Å². The second-order valence-electron chi connectivity index (χ2n) is 5.29. The van der Waals surface area contributed by atoms with Gasteiger partial charge in [-0.2, -0.15) is 0 Å². The van der Waals surface area contributed by atoms with Crippen LogP contribution in [0.2, 0.25) is 0 Å². The Balaban J connectivity index is 2.06. The van der Waals surface area contributed by atoms with Crippen LogP contribution >= 0.6 is 0 Å². The summed E-state index contributed by atoms with van der Waals surface area (Å²) >= 11 is 0. The number of para-hydroxylation sites is 1. The van der Waals surface area contributed by atoms with Crippen molar-refractivity contribution in [2.24, 2.45) is 0 Å². The second kappa shape index (κ2) is 5.87. The predicted octanol–water partition coefficient (Wildman–Crippen LogP) is 1.79. The largest absolute Gasteiger partial charge is 0.386 e. The summed E-state index contributed by atoms with van der Waals surface area (Å²) in [5.74, 6) is 0. The Hall–Kier alpha value is -1.50. The maximum Gasteiger partial charge on any atom is 0.274 e. The molecule has 1 fully saturated rings. The van der Waals surface area contributed by atoms with Gasteiger partial charge < -0.3 is 15.2 Å². The zero-order valence-electron chi connectivity index (χ0n) is 11.7. The van der Waals surface area contributed by atoms with Crippen molar-refractivity contribution in [1.82, 2.24) is 5.32 Å². The fourth-order valence-electron chi connectivity index (χ4n) is 2.46. The molecule has 1 heterocycles. The maximum absolute atomic E-state index is 11.0. The van der Waals surface area contributed by atoms with Gasteiger partial charge in [0.05, 0.1) is 11.0 Å². The summed E-state index contributed by atoms with van der Waals surface area (Å²) < 4.78 is 5.37. The molecule has 0 aromatic heterocycles. The van der Waals surface area contributed by atoms with Gasteiger partial charge in [-0.1, -0.05) is 18.2 Å². The van der Waals surface area contributed by atoms with Crippen molar-refractivity contribution < 1.29 is 14.8 Å². The van der Waals surface area contributed by atoms with Crippen LogP contribution in [0.15, 0.2) is 24.3 Å². The van der Waals surface area contributed by atoms with E-state index in [9.17, 15) is 15.2 Å². The molecule has 2 N–H and O–H groups in total. The van der Waals surface area contributed by atoms with Gasteiger partial charge in [-0.3, -0.25) is 10.1 Å². The SMILES string of the molecule is CC(NCC1(O)CCOC1C)c1ccccc1[N+](=O)[O-]. The lowest BCUT2D eigenvalue weighted by molar-refractivity contribution is -0.385. The highest BCUT2D eigenvalue weighted by atomic mass is 16.6. The van der Waals surface area contributed by atoms with Gasteiger partial charge >= 0.3 is 0 Å². The van der Waals surface area contributed by atoms with Crippen LogP contribution in [0.4, 0.5) is 5.69 Å². The molecule has 0 radical (unpaired) electrons. The summed E-state index contributed by atoms with van der Waals surface area (Å²) in [6.07, 6.45) is 0.345. The van der Waals surface area contributed by atoms with E-state index in [4.69, 9.17) is 4.74 Å². The molecule has 0 bridgehead atoms.